The summed E-state index contributed by atoms with van der Waals surface area (Å²) in [4.78, 5) is 13.9. The number of rotatable bonds is 9. The van der Waals surface area contributed by atoms with Crippen LogP contribution >= 0.6 is 0 Å². The zero-order valence-corrected chi connectivity index (χ0v) is 18.1. The number of nitrogens with one attached hydrogen (secondary N) is 1. The molecule has 7 nitrogen and oxygen atoms in total. The van der Waals surface area contributed by atoms with Gasteiger partial charge in [0.25, 0.3) is 0 Å². The molecule has 2 aromatic carbocycles. The Bertz CT molecular complexity index is 911. The molecule has 30 heavy (non-hydrogen) atoms. The number of anilines is 1. The molecule has 0 radical (unpaired) electrons. The topological polar surface area (TPSA) is 79.0 Å². The Morgan fingerprint density at radius 1 is 1.07 bits per heavy atom. The van der Waals surface area contributed by atoms with Gasteiger partial charge in [-0.25, -0.2) is 13.2 Å². The van der Waals surface area contributed by atoms with E-state index in [9.17, 15) is 13.2 Å². The van der Waals surface area contributed by atoms with E-state index in [4.69, 9.17) is 4.74 Å². The third-order valence-corrected chi connectivity index (χ3v) is 6.98. The lowest BCUT2D eigenvalue weighted by Crippen LogP contribution is -2.44. The summed E-state index contributed by atoms with van der Waals surface area (Å²) >= 11 is 0. The number of hydrogen-bond donors (Lipinski definition) is 1. The van der Waals surface area contributed by atoms with E-state index in [0.29, 0.717) is 17.7 Å². The molecule has 0 saturated carbocycles. The molecule has 1 saturated heterocycles. The molecule has 1 aliphatic rings. The number of nitrogens with zero attached hydrogens (tertiary/aromatic N) is 2. The van der Waals surface area contributed by atoms with Crippen molar-refractivity contribution in [3.63, 3.8) is 0 Å². The highest BCUT2D eigenvalue weighted by atomic mass is 32.2. The largest absolute Gasteiger partial charge is 0.465 e. The van der Waals surface area contributed by atoms with Gasteiger partial charge in [0, 0.05) is 26.2 Å². The van der Waals surface area contributed by atoms with Crippen molar-refractivity contribution in [2.75, 3.05) is 49.9 Å². The van der Waals surface area contributed by atoms with Crippen LogP contribution in [-0.4, -0.2) is 64.9 Å². The van der Waals surface area contributed by atoms with Gasteiger partial charge in [0.15, 0.2) is 0 Å². The summed E-state index contributed by atoms with van der Waals surface area (Å²) in [6.45, 7) is 4.79. The van der Waals surface area contributed by atoms with E-state index in [1.807, 2.05) is 18.2 Å². The lowest BCUT2D eigenvalue weighted by Gasteiger charge is -2.28. The first kappa shape index (κ1) is 22.3. The Labute approximate surface area is 178 Å². The number of para-hydroxylation sites is 1. The van der Waals surface area contributed by atoms with E-state index in [0.717, 1.165) is 38.3 Å². The third-order valence-electron chi connectivity index (χ3n) is 5.17. The van der Waals surface area contributed by atoms with Gasteiger partial charge < -0.3 is 15.0 Å². The first-order chi connectivity index (χ1) is 14.5. The maximum absolute atomic E-state index is 13.2. The number of methoxy groups -OCH3 is 1. The maximum Gasteiger partial charge on any atom is 0.337 e. The van der Waals surface area contributed by atoms with Gasteiger partial charge in [0.05, 0.1) is 30.7 Å². The van der Waals surface area contributed by atoms with Crippen LogP contribution in [0, 0.1) is 0 Å². The average Bonchev–Trinajstić information content (AvgIpc) is 2.78. The van der Waals surface area contributed by atoms with Crippen LogP contribution in [0.5, 0.6) is 0 Å². The van der Waals surface area contributed by atoms with Gasteiger partial charge in [-0.2, -0.15) is 0 Å². The summed E-state index contributed by atoms with van der Waals surface area (Å²) in [5, 5.41) is 3.31. The molecule has 0 amide bonds. The van der Waals surface area contributed by atoms with Crippen molar-refractivity contribution >= 4 is 21.7 Å². The van der Waals surface area contributed by atoms with Crippen molar-refractivity contribution in [1.29, 1.82) is 0 Å². The van der Waals surface area contributed by atoms with Crippen LogP contribution in [0.2, 0.25) is 0 Å². The van der Waals surface area contributed by atoms with Crippen LogP contribution in [0.15, 0.2) is 54.6 Å². The SMILES string of the molecule is COC(=O)c1ccc(CN(c2ccccc2)S(=O)(=O)CCCN2CCNCC2)cc1. The van der Waals surface area contributed by atoms with Gasteiger partial charge in [-0.05, 0) is 42.8 Å². The monoisotopic (exact) mass is 431 g/mol. The predicted octanol–water partition coefficient (Wildman–Crippen LogP) is 2.10. The standard InChI is InChI=1S/C22H29N3O4S/c1-29-22(26)20-10-8-19(9-11-20)18-25(21-6-3-2-4-7-21)30(27,28)17-5-14-24-15-12-23-13-16-24/h2-4,6-11,23H,5,12-18H2,1H3. The molecule has 2 aromatic rings. The highest BCUT2D eigenvalue weighted by Gasteiger charge is 2.23. The summed E-state index contributed by atoms with van der Waals surface area (Å²) in [6, 6.07) is 16.0. The molecular weight excluding hydrogens is 402 g/mol. The molecule has 0 aliphatic carbocycles. The quantitative estimate of drug-likeness (QED) is 0.613. The first-order valence-electron chi connectivity index (χ1n) is 10.2. The number of ether oxygens (including phenoxy) is 1. The maximum atomic E-state index is 13.2. The minimum Gasteiger partial charge on any atom is -0.465 e. The van der Waals surface area contributed by atoms with Crippen LogP contribution in [0.3, 0.4) is 0 Å². The second kappa shape index (κ2) is 10.6. The Kier molecular flexibility index (Phi) is 7.84. The number of piperazine rings is 1. The summed E-state index contributed by atoms with van der Waals surface area (Å²) in [5.41, 5.74) is 1.88. The van der Waals surface area contributed by atoms with Crippen molar-refractivity contribution in [2.24, 2.45) is 0 Å². The fourth-order valence-corrected chi connectivity index (χ4v) is 4.99. The van der Waals surface area contributed by atoms with Crippen LogP contribution < -0.4 is 9.62 Å². The number of esters is 1. The first-order valence-corrected chi connectivity index (χ1v) is 11.8. The van der Waals surface area contributed by atoms with Crippen molar-refractivity contribution < 1.29 is 17.9 Å². The fraction of sp³-hybridized carbons (Fsp3) is 0.409. The van der Waals surface area contributed by atoms with E-state index in [2.05, 4.69) is 10.2 Å². The normalized spacial score (nSPS) is 15.0. The van der Waals surface area contributed by atoms with Gasteiger partial charge in [0.1, 0.15) is 0 Å². The van der Waals surface area contributed by atoms with Gasteiger partial charge >= 0.3 is 5.97 Å². The minimum absolute atomic E-state index is 0.0894. The number of hydrogen-bond acceptors (Lipinski definition) is 6. The zero-order chi connectivity index (χ0) is 21.4. The number of sulfonamides is 1. The molecule has 1 fully saturated rings. The molecule has 0 bridgehead atoms. The van der Waals surface area contributed by atoms with Gasteiger partial charge in [-0.3, -0.25) is 4.31 Å². The van der Waals surface area contributed by atoms with Crippen molar-refractivity contribution in [2.45, 2.75) is 13.0 Å². The Morgan fingerprint density at radius 2 is 1.73 bits per heavy atom. The highest BCUT2D eigenvalue weighted by molar-refractivity contribution is 7.92. The summed E-state index contributed by atoms with van der Waals surface area (Å²) in [5.74, 6) is -0.325. The second-order valence-corrected chi connectivity index (χ2v) is 9.30. The van der Waals surface area contributed by atoms with E-state index in [1.54, 1.807) is 36.4 Å². The molecule has 1 N–H and O–H groups in total. The summed E-state index contributed by atoms with van der Waals surface area (Å²) in [7, 11) is -2.17. The number of carbonyl (C=O) groups is 1. The van der Waals surface area contributed by atoms with Gasteiger partial charge in [-0.15, -0.1) is 0 Å². The van der Waals surface area contributed by atoms with E-state index < -0.39 is 16.0 Å². The Hall–Kier alpha value is -2.42. The van der Waals surface area contributed by atoms with E-state index in [1.165, 1.54) is 11.4 Å². The predicted molar refractivity (Wildman–Crippen MR) is 118 cm³/mol. The van der Waals surface area contributed by atoms with E-state index in [-0.39, 0.29) is 12.3 Å². The van der Waals surface area contributed by atoms with Crippen LogP contribution in [-0.2, 0) is 21.3 Å². The van der Waals surface area contributed by atoms with Crippen LogP contribution in [0.4, 0.5) is 5.69 Å². The molecule has 0 aromatic heterocycles. The Morgan fingerprint density at radius 3 is 2.37 bits per heavy atom. The molecule has 1 aliphatic heterocycles. The lowest BCUT2D eigenvalue weighted by molar-refractivity contribution is 0.0600. The van der Waals surface area contributed by atoms with Crippen molar-refractivity contribution in [3.05, 3.63) is 65.7 Å². The molecular formula is C22H29N3O4S. The molecule has 0 atom stereocenters. The molecule has 162 valence electrons. The van der Waals surface area contributed by atoms with Gasteiger partial charge in [-0.1, -0.05) is 30.3 Å². The summed E-state index contributed by atoms with van der Waals surface area (Å²) in [6.07, 6.45) is 0.590. The Balaban J connectivity index is 1.72. The molecule has 1 heterocycles. The third kappa shape index (κ3) is 6.04. The molecule has 0 spiro atoms. The number of carbonyl (C=O) groups excluding carboxylic acids is 1. The van der Waals surface area contributed by atoms with Crippen molar-refractivity contribution in [1.82, 2.24) is 10.2 Å². The smallest absolute Gasteiger partial charge is 0.337 e. The van der Waals surface area contributed by atoms with Crippen LogP contribution in [0.1, 0.15) is 22.3 Å². The van der Waals surface area contributed by atoms with E-state index >= 15 is 0 Å². The molecule has 8 heteroatoms. The molecule has 3 rings (SSSR count). The lowest BCUT2D eigenvalue weighted by atomic mass is 10.1. The molecule has 0 unspecified atom stereocenters. The van der Waals surface area contributed by atoms with Crippen molar-refractivity contribution in [3.8, 4) is 0 Å². The highest BCUT2D eigenvalue weighted by Crippen LogP contribution is 2.22. The summed E-state index contributed by atoms with van der Waals surface area (Å²) < 4.78 is 32.6. The minimum atomic E-state index is -3.51. The fourth-order valence-electron chi connectivity index (χ4n) is 3.49. The van der Waals surface area contributed by atoms with Crippen LogP contribution in [0.25, 0.3) is 0 Å². The average molecular weight is 432 g/mol. The zero-order valence-electron chi connectivity index (χ0n) is 17.3. The second-order valence-electron chi connectivity index (χ2n) is 7.29. The van der Waals surface area contributed by atoms with Gasteiger partial charge in [0.2, 0.25) is 10.0 Å². The number of benzene rings is 2.